The Morgan fingerprint density at radius 2 is 1.76 bits per heavy atom. The quantitative estimate of drug-likeness (QED) is 0.882. The topological polar surface area (TPSA) is 58.3 Å². The van der Waals surface area contributed by atoms with E-state index in [9.17, 15) is 0 Å². The zero-order chi connectivity index (χ0) is 14.2. The molecule has 1 aliphatic heterocycles. The average Bonchev–Trinajstić information content (AvgIpc) is 3.26. The highest BCUT2D eigenvalue weighted by Gasteiger charge is 2.29. The fourth-order valence-electron chi connectivity index (χ4n) is 2.78. The lowest BCUT2D eigenvalue weighted by Gasteiger charge is -2.36. The number of hydrogen-bond donors (Lipinski definition) is 1. The number of hydrogen-bond acceptors (Lipinski definition) is 6. The fourth-order valence-corrected chi connectivity index (χ4v) is 3.57. The van der Waals surface area contributed by atoms with Crippen LogP contribution < -0.4 is 15.5 Å². The van der Waals surface area contributed by atoms with Gasteiger partial charge in [-0.05, 0) is 25.0 Å². The van der Waals surface area contributed by atoms with Gasteiger partial charge in [-0.25, -0.2) is 4.98 Å². The van der Waals surface area contributed by atoms with Crippen LogP contribution in [0.2, 0.25) is 0 Å². The Morgan fingerprint density at radius 1 is 1.05 bits per heavy atom. The van der Waals surface area contributed by atoms with Crippen LogP contribution in [0.3, 0.4) is 0 Å². The minimum Gasteiger partial charge on any atom is -0.397 e. The first-order valence-electron chi connectivity index (χ1n) is 7.49. The van der Waals surface area contributed by atoms with E-state index in [4.69, 9.17) is 10.7 Å². The van der Waals surface area contributed by atoms with Crippen molar-refractivity contribution in [2.75, 3.05) is 41.7 Å². The van der Waals surface area contributed by atoms with E-state index >= 15 is 0 Å². The molecular formula is C15H19N5S. The first kappa shape index (κ1) is 12.9. The molecule has 2 N–H and O–H groups in total. The van der Waals surface area contributed by atoms with Crippen LogP contribution in [-0.2, 0) is 0 Å². The normalized spacial score (nSPS) is 19.0. The molecule has 1 aromatic carbocycles. The highest BCUT2D eigenvalue weighted by Crippen LogP contribution is 2.39. The number of piperazine rings is 1. The van der Waals surface area contributed by atoms with Crippen molar-refractivity contribution in [2.45, 2.75) is 18.8 Å². The van der Waals surface area contributed by atoms with E-state index in [2.05, 4.69) is 20.2 Å². The SMILES string of the molecule is Nc1ccccc1N1CCN(c2nc(C3CC3)ns2)CC1. The van der Waals surface area contributed by atoms with Crippen molar-refractivity contribution < 1.29 is 0 Å². The molecule has 0 radical (unpaired) electrons. The molecule has 1 saturated heterocycles. The van der Waals surface area contributed by atoms with Gasteiger partial charge >= 0.3 is 0 Å². The lowest BCUT2D eigenvalue weighted by molar-refractivity contribution is 0.652. The van der Waals surface area contributed by atoms with E-state index in [1.54, 1.807) is 11.5 Å². The van der Waals surface area contributed by atoms with Gasteiger partial charge < -0.3 is 15.5 Å². The molecule has 21 heavy (non-hydrogen) atoms. The summed E-state index contributed by atoms with van der Waals surface area (Å²) in [5.41, 5.74) is 8.07. The zero-order valence-electron chi connectivity index (χ0n) is 11.9. The number of para-hydroxylation sites is 2. The van der Waals surface area contributed by atoms with E-state index in [0.29, 0.717) is 5.92 Å². The van der Waals surface area contributed by atoms with E-state index in [1.165, 1.54) is 12.8 Å². The summed E-state index contributed by atoms with van der Waals surface area (Å²) in [6.45, 7) is 3.92. The van der Waals surface area contributed by atoms with Crippen molar-refractivity contribution in [3.05, 3.63) is 30.1 Å². The van der Waals surface area contributed by atoms with Gasteiger partial charge in [0, 0.05) is 43.6 Å². The second-order valence-corrected chi connectivity index (χ2v) is 6.47. The minimum absolute atomic E-state index is 0.639. The maximum absolute atomic E-state index is 6.07. The van der Waals surface area contributed by atoms with Crippen molar-refractivity contribution in [3.63, 3.8) is 0 Å². The van der Waals surface area contributed by atoms with Gasteiger partial charge in [0.15, 0.2) is 0 Å². The Morgan fingerprint density at radius 3 is 2.48 bits per heavy atom. The lowest BCUT2D eigenvalue weighted by atomic mass is 10.2. The predicted molar refractivity (Wildman–Crippen MR) is 87.2 cm³/mol. The largest absolute Gasteiger partial charge is 0.397 e. The van der Waals surface area contributed by atoms with E-state index in [1.807, 2.05) is 18.2 Å². The monoisotopic (exact) mass is 301 g/mol. The predicted octanol–water partition coefficient (Wildman–Crippen LogP) is 2.32. The van der Waals surface area contributed by atoms with Gasteiger partial charge in [0.05, 0.1) is 11.4 Å². The Balaban J connectivity index is 1.43. The van der Waals surface area contributed by atoms with Gasteiger partial charge in [0.1, 0.15) is 5.82 Å². The Bertz CT molecular complexity index is 628. The molecule has 4 rings (SSSR count). The van der Waals surface area contributed by atoms with Crippen LogP contribution in [0.25, 0.3) is 0 Å². The van der Waals surface area contributed by atoms with Crippen molar-refractivity contribution in [1.82, 2.24) is 9.36 Å². The third-order valence-corrected chi connectivity index (χ3v) is 4.99. The van der Waals surface area contributed by atoms with Gasteiger partial charge in [-0.3, -0.25) is 0 Å². The van der Waals surface area contributed by atoms with Crippen LogP contribution in [0.15, 0.2) is 24.3 Å². The van der Waals surface area contributed by atoms with Crippen LogP contribution in [0.5, 0.6) is 0 Å². The summed E-state index contributed by atoms with van der Waals surface area (Å²) in [5.74, 6) is 1.70. The molecule has 0 amide bonds. The summed E-state index contributed by atoms with van der Waals surface area (Å²) in [4.78, 5) is 9.40. The Labute approximate surface area is 128 Å². The van der Waals surface area contributed by atoms with Crippen molar-refractivity contribution in [3.8, 4) is 0 Å². The van der Waals surface area contributed by atoms with Gasteiger partial charge in [-0.15, -0.1) is 0 Å². The number of nitrogens with two attached hydrogens (primary N) is 1. The molecule has 2 heterocycles. The summed E-state index contributed by atoms with van der Waals surface area (Å²) in [5, 5.41) is 1.08. The zero-order valence-corrected chi connectivity index (χ0v) is 12.7. The highest BCUT2D eigenvalue weighted by molar-refractivity contribution is 7.09. The molecule has 5 nitrogen and oxygen atoms in total. The second kappa shape index (κ2) is 5.18. The summed E-state index contributed by atoms with van der Waals surface area (Å²) in [6.07, 6.45) is 2.52. The number of benzene rings is 1. The smallest absolute Gasteiger partial charge is 0.205 e. The molecule has 1 aliphatic carbocycles. The fraction of sp³-hybridized carbons (Fsp3) is 0.467. The van der Waals surface area contributed by atoms with Gasteiger partial charge in [-0.2, -0.15) is 4.37 Å². The summed E-state index contributed by atoms with van der Waals surface area (Å²) in [6, 6.07) is 8.09. The molecule has 0 spiro atoms. The summed E-state index contributed by atoms with van der Waals surface area (Å²) in [7, 11) is 0. The Kier molecular flexibility index (Phi) is 3.18. The first-order valence-corrected chi connectivity index (χ1v) is 8.26. The molecule has 110 valence electrons. The van der Waals surface area contributed by atoms with Gasteiger partial charge in [0.25, 0.3) is 0 Å². The van der Waals surface area contributed by atoms with E-state index < -0.39 is 0 Å². The molecule has 2 fully saturated rings. The van der Waals surface area contributed by atoms with E-state index in [-0.39, 0.29) is 0 Å². The molecule has 0 atom stereocenters. The van der Waals surface area contributed by atoms with Crippen LogP contribution in [0.1, 0.15) is 24.6 Å². The maximum atomic E-state index is 6.07. The molecular weight excluding hydrogens is 282 g/mol. The van der Waals surface area contributed by atoms with Crippen LogP contribution in [0.4, 0.5) is 16.5 Å². The van der Waals surface area contributed by atoms with Crippen LogP contribution in [-0.4, -0.2) is 35.5 Å². The van der Waals surface area contributed by atoms with Crippen LogP contribution >= 0.6 is 11.5 Å². The van der Waals surface area contributed by atoms with Gasteiger partial charge in [-0.1, -0.05) is 12.1 Å². The Hall–Kier alpha value is -1.82. The first-order chi connectivity index (χ1) is 10.3. The average molecular weight is 301 g/mol. The minimum atomic E-state index is 0.639. The molecule has 2 aliphatic rings. The second-order valence-electron chi connectivity index (χ2n) is 5.74. The van der Waals surface area contributed by atoms with E-state index in [0.717, 1.165) is 48.5 Å². The summed E-state index contributed by atoms with van der Waals surface area (Å²) < 4.78 is 4.50. The standard InChI is InChI=1S/C15H19N5S/c16-12-3-1-2-4-13(12)19-7-9-20(10-8-19)15-17-14(18-21-15)11-5-6-11/h1-4,11H,5-10,16H2. The number of anilines is 3. The highest BCUT2D eigenvalue weighted by atomic mass is 32.1. The molecule has 2 aromatic rings. The molecule has 1 aromatic heterocycles. The number of aromatic nitrogens is 2. The third-order valence-electron chi connectivity index (χ3n) is 4.20. The maximum Gasteiger partial charge on any atom is 0.205 e. The van der Waals surface area contributed by atoms with Crippen molar-refractivity contribution in [2.24, 2.45) is 0 Å². The summed E-state index contributed by atoms with van der Waals surface area (Å²) >= 11 is 1.55. The number of nitrogens with zero attached hydrogens (tertiary/aromatic N) is 4. The van der Waals surface area contributed by atoms with Crippen molar-refractivity contribution >= 4 is 28.0 Å². The van der Waals surface area contributed by atoms with Crippen LogP contribution in [0, 0.1) is 0 Å². The number of nitrogen functional groups attached to an aromatic ring is 1. The molecule has 0 bridgehead atoms. The molecule has 0 unspecified atom stereocenters. The lowest BCUT2D eigenvalue weighted by Crippen LogP contribution is -2.46. The third kappa shape index (κ3) is 2.55. The molecule has 6 heteroatoms. The van der Waals surface area contributed by atoms with Crippen molar-refractivity contribution in [1.29, 1.82) is 0 Å². The number of rotatable bonds is 3. The molecule has 1 saturated carbocycles. The van der Waals surface area contributed by atoms with Gasteiger partial charge in [0.2, 0.25) is 5.13 Å².